The minimum atomic E-state index is 0.00803. The zero-order valence-corrected chi connectivity index (χ0v) is 32.4. The Balaban J connectivity index is 0.902. The quantitative estimate of drug-likeness (QED) is 0.180. The van der Waals surface area contributed by atoms with Crippen LogP contribution in [0.3, 0.4) is 0 Å². The van der Waals surface area contributed by atoms with E-state index in [0.717, 1.165) is 23.5 Å². The number of hydrogen-bond donors (Lipinski definition) is 1. The fourth-order valence-electron chi connectivity index (χ4n) is 8.65. The molecule has 11 rings (SSSR count). The van der Waals surface area contributed by atoms with E-state index in [-0.39, 0.29) is 18.0 Å². The Morgan fingerprint density at radius 1 is 0.536 bits per heavy atom. The van der Waals surface area contributed by atoms with Crippen LogP contribution >= 0.6 is 22.7 Å². The van der Waals surface area contributed by atoms with Gasteiger partial charge >= 0.3 is 0 Å². The Morgan fingerprint density at radius 2 is 1.16 bits per heavy atom. The Morgan fingerprint density at radius 3 is 1.96 bits per heavy atom. The first-order valence-corrected chi connectivity index (χ1v) is 21.0. The molecule has 9 aromatic rings. The lowest BCUT2D eigenvalue weighted by molar-refractivity contribution is 0.532. The first-order chi connectivity index (χ1) is 27.7. The molecule has 0 spiro atoms. The lowest BCUT2D eigenvalue weighted by Crippen LogP contribution is -2.28. The van der Waals surface area contributed by atoms with Crippen LogP contribution in [-0.4, -0.2) is 11.5 Å². The molecule has 3 unspecified atom stereocenters. The predicted octanol–water partition coefficient (Wildman–Crippen LogP) is 14.3. The molecule has 3 atom stereocenters. The second kappa shape index (κ2) is 13.6. The Bertz CT molecular complexity index is 3060. The van der Waals surface area contributed by atoms with E-state index in [0.29, 0.717) is 0 Å². The van der Waals surface area contributed by atoms with Gasteiger partial charge in [-0.25, -0.2) is 4.99 Å². The average Bonchev–Trinajstić information content (AvgIpc) is 3.83. The second-order valence-corrected chi connectivity index (χ2v) is 17.0. The molecule has 268 valence electrons. The van der Waals surface area contributed by atoms with Crippen molar-refractivity contribution in [3.8, 4) is 11.1 Å². The van der Waals surface area contributed by atoms with Crippen LogP contribution < -0.4 is 5.32 Å². The maximum absolute atomic E-state index is 5.30. The van der Waals surface area contributed by atoms with Crippen molar-refractivity contribution in [2.24, 2.45) is 15.9 Å². The molecule has 0 saturated carbocycles. The maximum atomic E-state index is 5.30. The van der Waals surface area contributed by atoms with Crippen molar-refractivity contribution >= 4 is 86.3 Å². The van der Waals surface area contributed by atoms with Gasteiger partial charge in [-0.3, -0.25) is 4.99 Å². The molecular formula is C51H37N3S2. The van der Waals surface area contributed by atoms with Crippen molar-refractivity contribution in [3.63, 3.8) is 0 Å². The van der Waals surface area contributed by atoms with Crippen LogP contribution in [0.4, 0.5) is 5.69 Å². The molecule has 0 bridgehead atoms. The molecule has 3 nitrogen and oxygen atoms in total. The number of hydrogen-bond acceptors (Lipinski definition) is 5. The molecule has 2 aromatic heterocycles. The van der Waals surface area contributed by atoms with Crippen LogP contribution in [0.2, 0.25) is 0 Å². The first-order valence-electron chi connectivity index (χ1n) is 19.4. The molecule has 4 heterocycles. The molecule has 0 radical (unpaired) electrons. The van der Waals surface area contributed by atoms with E-state index in [9.17, 15) is 0 Å². The van der Waals surface area contributed by atoms with Crippen LogP contribution in [0.1, 0.15) is 53.2 Å². The van der Waals surface area contributed by atoms with Crippen molar-refractivity contribution in [2.45, 2.75) is 25.4 Å². The highest BCUT2D eigenvalue weighted by atomic mass is 32.1. The molecule has 2 aliphatic rings. The highest BCUT2D eigenvalue weighted by Gasteiger charge is 2.32. The van der Waals surface area contributed by atoms with Crippen molar-refractivity contribution < 1.29 is 0 Å². The monoisotopic (exact) mass is 755 g/mol. The molecule has 56 heavy (non-hydrogen) atoms. The highest BCUT2D eigenvalue weighted by Crippen LogP contribution is 2.42. The van der Waals surface area contributed by atoms with Gasteiger partial charge < -0.3 is 5.32 Å². The van der Waals surface area contributed by atoms with Crippen molar-refractivity contribution in [2.75, 3.05) is 5.32 Å². The Labute approximate surface area is 334 Å². The fraction of sp³-hybridized carbons (Fsp3) is 0.0980. The van der Waals surface area contributed by atoms with Gasteiger partial charge in [0.25, 0.3) is 0 Å². The summed E-state index contributed by atoms with van der Waals surface area (Å²) in [5.74, 6) is 0.982. The molecule has 5 heteroatoms. The minimum absolute atomic E-state index is 0.00803. The largest absolute Gasteiger partial charge is 0.374 e. The topological polar surface area (TPSA) is 36.8 Å². The van der Waals surface area contributed by atoms with Crippen molar-refractivity contribution in [3.05, 3.63) is 192 Å². The fourth-order valence-corrected chi connectivity index (χ4v) is 11.0. The van der Waals surface area contributed by atoms with Crippen LogP contribution in [0.5, 0.6) is 0 Å². The third-order valence-electron chi connectivity index (χ3n) is 11.5. The van der Waals surface area contributed by atoms with Crippen LogP contribution in [0.15, 0.2) is 174 Å². The van der Waals surface area contributed by atoms with E-state index in [1.807, 2.05) is 28.7 Å². The summed E-state index contributed by atoms with van der Waals surface area (Å²) in [5.41, 5.74) is 10.7. The zero-order valence-electron chi connectivity index (χ0n) is 30.8. The van der Waals surface area contributed by atoms with E-state index < -0.39 is 0 Å². The van der Waals surface area contributed by atoms with Crippen molar-refractivity contribution in [1.29, 1.82) is 0 Å². The number of thiophene rings is 2. The van der Waals surface area contributed by atoms with Crippen molar-refractivity contribution in [1.82, 2.24) is 0 Å². The minimum Gasteiger partial charge on any atom is -0.374 e. The number of rotatable bonds is 6. The van der Waals surface area contributed by atoms with Gasteiger partial charge in [0.1, 0.15) is 0 Å². The number of nitrogens with one attached hydrogen (secondary N) is 1. The molecule has 2 aliphatic heterocycles. The third kappa shape index (κ3) is 5.69. The van der Waals surface area contributed by atoms with E-state index in [1.165, 1.54) is 79.4 Å². The van der Waals surface area contributed by atoms with Gasteiger partial charge in [-0.1, -0.05) is 140 Å². The highest BCUT2D eigenvalue weighted by molar-refractivity contribution is 7.26. The van der Waals surface area contributed by atoms with Crippen LogP contribution in [0.25, 0.3) is 57.5 Å². The summed E-state index contributed by atoms with van der Waals surface area (Å²) >= 11 is 3.74. The lowest BCUT2D eigenvalue weighted by atomic mass is 9.83. The molecule has 0 saturated heterocycles. The second-order valence-electron chi connectivity index (χ2n) is 14.8. The standard InChI is InChI=1S/C51H37N3S2/c1-2-38-49(31-11-5-3-6-12-31)53-51(32-13-7-4-8-14-32)54-50(38)37-19-24-42-41-22-17-34(28-46(41)56-48(42)30-37)33-20-25-43-35(27-33)21-26-44(52-43)36-18-23-40-39-15-9-10-16-45(39)55-47(40)29-36/h3-30,38,44,49,52H,2H2,1H3. The number of amidine groups is 1. The Hall–Kier alpha value is -6.14. The number of aliphatic imine (C=N–C) groups is 2. The third-order valence-corrected chi connectivity index (χ3v) is 13.8. The van der Waals surface area contributed by atoms with E-state index in [1.54, 1.807) is 0 Å². The van der Waals surface area contributed by atoms with Gasteiger partial charge in [0.2, 0.25) is 0 Å². The molecule has 0 amide bonds. The number of benzene rings is 7. The maximum Gasteiger partial charge on any atom is 0.155 e. The summed E-state index contributed by atoms with van der Waals surface area (Å²) in [6.07, 6.45) is 5.53. The number of fused-ring (bicyclic) bond motifs is 7. The van der Waals surface area contributed by atoms with Crippen LogP contribution in [0, 0.1) is 5.92 Å². The van der Waals surface area contributed by atoms with Gasteiger partial charge in [-0.05, 0) is 76.2 Å². The van der Waals surface area contributed by atoms with Gasteiger partial charge in [0.15, 0.2) is 5.84 Å². The predicted molar refractivity (Wildman–Crippen MR) is 242 cm³/mol. The van der Waals surface area contributed by atoms with Gasteiger partial charge in [0, 0.05) is 57.5 Å². The van der Waals surface area contributed by atoms with Gasteiger partial charge in [0.05, 0.1) is 17.8 Å². The number of nitrogens with zero attached hydrogens (tertiary/aromatic N) is 2. The summed E-state index contributed by atoms with van der Waals surface area (Å²) in [5, 5.41) is 9.07. The zero-order chi connectivity index (χ0) is 37.2. The summed E-state index contributed by atoms with van der Waals surface area (Å²) < 4.78 is 5.26. The molecule has 7 aromatic carbocycles. The number of anilines is 1. The molecule has 1 N–H and O–H groups in total. The van der Waals surface area contributed by atoms with Gasteiger partial charge in [-0.15, -0.1) is 22.7 Å². The van der Waals surface area contributed by atoms with E-state index >= 15 is 0 Å². The molecule has 0 aliphatic carbocycles. The average molecular weight is 756 g/mol. The normalized spacial score (nSPS) is 17.9. The van der Waals surface area contributed by atoms with Crippen LogP contribution in [-0.2, 0) is 0 Å². The van der Waals surface area contributed by atoms with E-state index in [2.05, 4.69) is 176 Å². The summed E-state index contributed by atoms with van der Waals surface area (Å²) in [6.45, 7) is 2.26. The van der Waals surface area contributed by atoms with Gasteiger partial charge in [-0.2, -0.15) is 0 Å². The first kappa shape index (κ1) is 33.2. The molecular weight excluding hydrogens is 719 g/mol. The summed E-state index contributed by atoms with van der Waals surface area (Å²) in [4.78, 5) is 10.6. The Kier molecular flexibility index (Phi) is 8.04. The smallest absolute Gasteiger partial charge is 0.155 e. The SMILES string of the molecule is CCC1C(c2ccc3c(c2)sc2cc(-c4ccc5c(c4)C=CC(c4ccc6c(c4)sc4ccccc46)N5)ccc23)=NC(c2ccccc2)=NC1c1ccccc1. The summed E-state index contributed by atoms with van der Waals surface area (Å²) in [7, 11) is 0. The summed E-state index contributed by atoms with van der Waals surface area (Å²) in [6, 6.07) is 57.6. The molecule has 0 fully saturated rings. The lowest BCUT2D eigenvalue weighted by Gasteiger charge is -2.30. The van der Waals surface area contributed by atoms with E-state index in [4.69, 9.17) is 9.98 Å².